The Labute approximate surface area is 94.5 Å². The number of benzene rings is 1. The number of nitrogens with two attached hydrogens (primary N) is 1. The summed E-state index contributed by atoms with van der Waals surface area (Å²) in [6.45, 7) is 4.15. The Morgan fingerprint density at radius 1 is 1.06 bits per heavy atom. The van der Waals surface area contributed by atoms with Crippen LogP contribution in [-0.4, -0.2) is 4.57 Å². The molecule has 0 atom stereocenters. The van der Waals surface area contributed by atoms with Crippen LogP contribution in [0.15, 0.2) is 36.4 Å². The van der Waals surface area contributed by atoms with Crippen LogP contribution in [0.25, 0.3) is 11.3 Å². The highest BCUT2D eigenvalue weighted by Gasteiger charge is 2.10. The van der Waals surface area contributed by atoms with Crippen molar-refractivity contribution in [3.05, 3.63) is 42.2 Å². The molecular formula is C13H15FN2. The van der Waals surface area contributed by atoms with Crippen molar-refractivity contribution in [2.24, 2.45) is 0 Å². The minimum atomic E-state index is -0.223. The molecule has 0 saturated carbocycles. The number of nitrogen functional groups attached to an aromatic ring is 1. The molecule has 16 heavy (non-hydrogen) atoms. The van der Waals surface area contributed by atoms with Gasteiger partial charge in [0.05, 0.1) is 0 Å². The summed E-state index contributed by atoms with van der Waals surface area (Å²) in [5.74, 6) is 0.508. The first-order valence-corrected chi connectivity index (χ1v) is 5.32. The Balaban J connectivity index is 2.52. The first-order valence-electron chi connectivity index (χ1n) is 5.32. The number of hydrogen-bond acceptors (Lipinski definition) is 1. The van der Waals surface area contributed by atoms with Crippen molar-refractivity contribution in [2.45, 2.75) is 19.9 Å². The Kier molecular flexibility index (Phi) is 2.69. The zero-order chi connectivity index (χ0) is 11.7. The maximum Gasteiger partial charge on any atom is 0.123 e. The smallest absolute Gasteiger partial charge is 0.123 e. The number of hydrogen-bond donors (Lipinski definition) is 1. The van der Waals surface area contributed by atoms with Gasteiger partial charge in [0, 0.05) is 11.7 Å². The molecule has 0 saturated heterocycles. The molecule has 2 N–H and O–H groups in total. The van der Waals surface area contributed by atoms with Gasteiger partial charge in [-0.2, -0.15) is 0 Å². The van der Waals surface area contributed by atoms with E-state index in [1.165, 1.54) is 12.1 Å². The van der Waals surface area contributed by atoms with Crippen molar-refractivity contribution in [2.75, 3.05) is 5.73 Å². The summed E-state index contributed by atoms with van der Waals surface area (Å²) in [5, 5.41) is 0. The van der Waals surface area contributed by atoms with Gasteiger partial charge in [-0.1, -0.05) is 0 Å². The molecule has 1 aromatic carbocycles. The molecule has 2 aromatic rings. The van der Waals surface area contributed by atoms with Crippen molar-refractivity contribution in [1.29, 1.82) is 0 Å². The SMILES string of the molecule is CC(C)n1c(N)ccc1-c1ccc(F)cc1. The lowest BCUT2D eigenvalue weighted by molar-refractivity contribution is 0.616. The fraction of sp³-hybridized carbons (Fsp3) is 0.231. The van der Waals surface area contributed by atoms with E-state index in [-0.39, 0.29) is 11.9 Å². The molecule has 0 radical (unpaired) electrons. The first-order chi connectivity index (χ1) is 7.59. The lowest BCUT2D eigenvalue weighted by Gasteiger charge is -2.15. The molecule has 0 spiro atoms. The van der Waals surface area contributed by atoms with Gasteiger partial charge in [0.1, 0.15) is 11.6 Å². The van der Waals surface area contributed by atoms with E-state index in [9.17, 15) is 4.39 Å². The second-order valence-corrected chi connectivity index (χ2v) is 4.11. The molecule has 1 heterocycles. The molecule has 2 rings (SSSR count). The van der Waals surface area contributed by atoms with Crippen LogP contribution in [-0.2, 0) is 0 Å². The number of halogens is 1. The Hall–Kier alpha value is -1.77. The third-order valence-electron chi connectivity index (χ3n) is 2.61. The fourth-order valence-electron chi connectivity index (χ4n) is 1.90. The first kappa shape index (κ1) is 10.7. The van der Waals surface area contributed by atoms with Crippen molar-refractivity contribution >= 4 is 5.82 Å². The summed E-state index contributed by atoms with van der Waals surface area (Å²) in [7, 11) is 0. The van der Waals surface area contributed by atoms with Gasteiger partial charge in [-0.25, -0.2) is 4.39 Å². The number of anilines is 1. The molecule has 0 fully saturated rings. The molecule has 84 valence electrons. The molecule has 0 aliphatic heterocycles. The van der Waals surface area contributed by atoms with Crippen molar-refractivity contribution in [1.82, 2.24) is 4.57 Å². The summed E-state index contributed by atoms with van der Waals surface area (Å²) in [6, 6.07) is 10.6. The molecule has 0 unspecified atom stereocenters. The van der Waals surface area contributed by atoms with Crippen LogP contribution in [0.5, 0.6) is 0 Å². The maximum atomic E-state index is 12.8. The highest BCUT2D eigenvalue weighted by Crippen LogP contribution is 2.27. The summed E-state index contributed by atoms with van der Waals surface area (Å²) < 4.78 is 14.9. The lowest BCUT2D eigenvalue weighted by atomic mass is 10.1. The third kappa shape index (κ3) is 1.81. The molecule has 2 nitrogen and oxygen atoms in total. The minimum absolute atomic E-state index is 0.223. The zero-order valence-corrected chi connectivity index (χ0v) is 9.44. The molecule has 1 aromatic heterocycles. The topological polar surface area (TPSA) is 30.9 Å². The summed E-state index contributed by atoms with van der Waals surface area (Å²) in [5.41, 5.74) is 7.90. The quantitative estimate of drug-likeness (QED) is 0.822. The van der Waals surface area contributed by atoms with E-state index < -0.39 is 0 Å². The van der Waals surface area contributed by atoms with E-state index in [2.05, 4.69) is 13.8 Å². The van der Waals surface area contributed by atoms with Crippen LogP contribution in [0.2, 0.25) is 0 Å². The monoisotopic (exact) mass is 218 g/mol. The van der Waals surface area contributed by atoms with Gasteiger partial charge < -0.3 is 10.3 Å². The number of aromatic nitrogens is 1. The highest BCUT2D eigenvalue weighted by atomic mass is 19.1. The standard InChI is InChI=1S/C13H15FN2/c1-9(2)16-12(7-8-13(16)15)10-3-5-11(14)6-4-10/h3-9H,15H2,1-2H3. The van der Waals surface area contributed by atoms with E-state index in [0.29, 0.717) is 0 Å². The zero-order valence-electron chi connectivity index (χ0n) is 9.44. The van der Waals surface area contributed by atoms with Gasteiger partial charge in [0.15, 0.2) is 0 Å². The van der Waals surface area contributed by atoms with Crippen molar-refractivity contribution in [3.8, 4) is 11.3 Å². The molecule has 0 aliphatic rings. The molecule has 0 bridgehead atoms. The van der Waals surface area contributed by atoms with Crippen LogP contribution < -0.4 is 5.73 Å². The van der Waals surface area contributed by atoms with Gasteiger partial charge in [-0.3, -0.25) is 0 Å². The summed E-state index contributed by atoms with van der Waals surface area (Å²) in [4.78, 5) is 0. The Bertz CT molecular complexity index is 483. The van der Waals surface area contributed by atoms with Gasteiger partial charge in [0.2, 0.25) is 0 Å². The maximum absolute atomic E-state index is 12.8. The predicted octanol–water partition coefficient (Wildman–Crippen LogP) is 3.46. The average molecular weight is 218 g/mol. The van der Waals surface area contributed by atoms with E-state index in [1.54, 1.807) is 12.1 Å². The third-order valence-corrected chi connectivity index (χ3v) is 2.61. The molecule has 0 aliphatic carbocycles. The normalized spacial score (nSPS) is 11.0. The van der Waals surface area contributed by atoms with Gasteiger partial charge in [-0.05, 0) is 55.8 Å². The van der Waals surface area contributed by atoms with E-state index >= 15 is 0 Å². The second-order valence-electron chi connectivity index (χ2n) is 4.11. The molecule has 0 amide bonds. The van der Waals surface area contributed by atoms with E-state index in [0.717, 1.165) is 17.1 Å². The minimum Gasteiger partial charge on any atom is -0.385 e. The van der Waals surface area contributed by atoms with Crippen molar-refractivity contribution < 1.29 is 4.39 Å². The van der Waals surface area contributed by atoms with Crippen LogP contribution in [0.3, 0.4) is 0 Å². The molecular weight excluding hydrogens is 203 g/mol. The fourth-order valence-corrected chi connectivity index (χ4v) is 1.90. The average Bonchev–Trinajstić information content (AvgIpc) is 2.61. The van der Waals surface area contributed by atoms with Gasteiger partial charge >= 0.3 is 0 Å². The van der Waals surface area contributed by atoms with Crippen LogP contribution in [0.1, 0.15) is 19.9 Å². The predicted molar refractivity (Wildman–Crippen MR) is 64.6 cm³/mol. The summed E-state index contributed by atoms with van der Waals surface area (Å²) in [6.07, 6.45) is 0. The van der Waals surface area contributed by atoms with Gasteiger partial charge in [0.25, 0.3) is 0 Å². The van der Waals surface area contributed by atoms with Crippen LogP contribution in [0.4, 0.5) is 10.2 Å². The van der Waals surface area contributed by atoms with Gasteiger partial charge in [-0.15, -0.1) is 0 Å². The lowest BCUT2D eigenvalue weighted by Crippen LogP contribution is -2.06. The number of nitrogens with zero attached hydrogens (tertiary/aromatic N) is 1. The Morgan fingerprint density at radius 3 is 2.25 bits per heavy atom. The molecule has 3 heteroatoms. The largest absolute Gasteiger partial charge is 0.385 e. The van der Waals surface area contributed by atoms with Crippen molar-refractivity contribution in [3.63, 3.8) is 0 Å². The Morgan fingerprint density at radius 2 is 1.69 bits per heavy atom. The second kappa shape index (κ2) is 4.00. The summed E-state index contributed by atoms with van der Waals surface area (Å²) >= 11 is 0. The van der Waals surface area contributed by atoms with Crippen LogP contribution in [0, 0.1) is 5.82 Å². The van der Waals surface area contributed by atoms with Crippen LogP contribution >= 0.6 is 0 Å². The number of rotatable bonds is 2. The van der Waals surface area contributed by atoms with E-state index in [1.807, 2.05) is 16.7 Å². The van der Waals surface area contributed by atoms with E-state index in [4.69, 9.17) is 5.73 Å². The highest BCUT2D eigenvalue weighted by molar-refractivity contribution is 5.63.